The van der Waals surface area contributed by atoms with Crippen LogP contribution in [-0.4, -0.2) is 18.3 Å². The van der Waals surface area contributed by atoms with Crippen molar-refractivity contribution in [2.24, 2.45) is 5.92 Å². The van der Waals surface area contributed by atoms with E-state index < -0.39 is 0 Å². The molecule has 1 aliphatic rings. The molecule has 0 N–H and O–H groups in total. The van der Waals surface area contributed by atoms with Crippen molar-refractivity contribution in [3.8, 4) is 22.7 Å². The van der Waals surface area contributed by atoms with Crippen LogP contribution in [0.5, 0.6) is 0 Å². The fourth-order valence-corrected chi connectivity index (χ4v) is 10.4. The van der Waals surface area contributed by atoms with Gasteiger partial charge in [0.2, 0.25) is 0 Å². The molecule has 0 saturated heterocycles. The number of fused-ring (bicyclic) bond motifs is 14. The summed E-state index contributed by atoms with van der Waals surface area (Å²) < 4.78 is 9.92. The Labute approximate surface area is 340 Å². The van der Waals surface area contributed by atoms with Crippen molar-refractivity contribution in [1.82, 2.24) is 18.3 Å². The molecular formula is C55H38N4. The van der Waals surface area contributed by atoms with Crippen LogP contribution in [0.2, 0.25) is 0 Å². The van der Waals surface area contributed by atoms with Gasteiger partial charge in [0, 0.05) is 71.7 Å². The Morgan fingerprint density at radius 2 is 0.797 bits per heavy atom. The molecule has 12 aromatic rings. The maximum absolute atomic E-state index is 2.51. The predicted molar refractivity (Wildman–Crippen MR) is 248 cm³/mol. The molecule has 1 atom stereocenters. The highest BCUT2D eigenvalue weighted by atomic mass is 15.0. The second-order valence-electron chi connectivity index (χ2n) is 16.2. The van der Waals surface area contributed by atoms with Gasteiger partial charge < -0.3 is 18.3 Å². The fourth-order valence-electron chi connectivity index (χ4n) is 10.4. The highest BCUT2D eigenvalue weighted by Gasteiger charge is 2.26. The summed E-state index contributed by atoms with van der Waals surface area (Å²) >= 11 is 0. The summed E-state index contributed by atoms with van der Waals surface area (Å²) in [6, 6.07) is 66.9. The van der Waals surface area contributed by atoms with E-state index in [0.29, 0.717) is 5.92 Å². The number of para-hydroxylation sites is 5. The fraction of sp³-hybridized carbons (Fsp3) is 0.0545. The van der Waals surface area contributed by atoms with E-state index in [2.05, 4.69) is 219 Å². The van der Waals surface area contributed by atoms with Gasteiger partial charge in [-0.15, -0.1) is 0 Å². The van der Waals surface area contributed by atoms with Crippen molar-refractivity contribution in [3.05, 3.63) is 199 Å². The number of aromatic nitrogens is 4. The average molecular weight is 755 g/mol. The summed E-state index contributed by atoms with van der Waals surface area (Å²) in [4.78, 5) is 0. The summed E-state index contributed by atoms with van der Waals surface area (Å²) in [5.74, 6) is 0.474. The zero-order valence-electron chi connectivity index (χ0n) is 32.5. The molecule has 1 unspecified atom stereocenters. The van der Waals surface area contributed by atoms with Crippen molar-refractivity contribution < 1.29 is 0 Å². The SMILES string of the molecule is CC1C=Cc2c(n(-c3ccccc3)c3ccc4c5ccccc5n(-c5ccc(-n6c7ccccc7c7c6ccc6c8ccccc8n(-c8ccccc8)c67)cc5)c4c23)C1. The van der Waals surface area contributed by atoms with Crippen molar-refractivity contribution in [2.75, 3.05) is 0 Å². The molecule has 0 radical (unpaired) electrons. The van der Waals surface area contributed by atoms with E-state index in [1.54, 1.807) is 0 Å². The van der Waals surface area contributed by atoms with Gasteiger partial charge in [0.25, 0.3) is 0 Å². The molecule has 4 heteroatoms. The Morgan fingerprint density at radius 1 is 0.356 bits per heavy atom. The van der Waals surface area contributed by atoms with Crippen LogP contribution < -0.4 is 0 Å². The maximum atomic E-state index is 2.51. The van der Waals surface area contributed by atoms with Gasteiger partial charge in [-0.25, -0.2) is 0 Å². The second-order valence-corrected chi connectivity index (χ2v) is 16.2. The Kier molecular flexibility index (Phi) is 6.74. The van der Waals surface area contributed by atoms with Gasteiger partial charge in [-0.2, -0.15) is 0 Å². The van der Waals surface area contributed by atoms with Crippen molar-refractivity contribution in [1.29, 1.82) is 0 Å². The third-order valence-electron chi connectivity index (χ3n) is 12.9. The predicted octanol–water partition coefficient (Wildman–Crippen LogP) is 14.1. The molecular weight excluding hydrogens is 717 g/mol. The Hall–Kier alpha value is -7.56. The van der Waals surface area contributed by atoms with E-state index in [1.807, 2.05) is 0 Å². The van der Waals surface area contributed by atoms with Crippen LogP contribution in [0.3, 0.4) is 0 Å². The molecule has 0 bridgehead atoms. The number of allylic oxidation sites excluding steroid dienone is 1. The van der Waals surface area contributed by atoms with Gasteiger partial charge in [0.15, 0.2) is 0 Å². The second kappa shape index (κ2) is 12.2. The first kappa shape index (κ1) is 32.5. The zero-order valence-corrected chi connectivity index (χ0v) is 32.5. The molecule has 0 spiro atoms. The first-order valence-corrected chi connectivity index (χ1v) is 20.7. The lowest BCUT2D eigenvalue weighted by Gasteiger charge is -2.17. The monoisotopic (exact) mass is 754 g/mol. The minimum absolute atomic E-state index is 0.474. The number of rotatable bonds is 4. The van der Waals surface area contributed by atoms with E-state index in [-0.39, 0.29) is 0 Å². The topological polar surface area (TPSA) is 19.7 Å². The lowest BCUT2D eigenvalue weighted by molar-refractivity contribution is 0.690. The summed E-state index contributed by atoms with van der Waals surface area (Å²) in [6.07, 6.45) is 5.77. The summed E-state index contributed by atoms with van der Waals surface area (Å²) in [5.41, 5.74) is 15.9. The van der Waals surface area contributed by atoms with E-state index in [4.69, 9.17) is 0 Å². The molecule has 4 heterocycles. The van der Waals surface area contributed by atoms with E-state index in [9.17, 15) is 0 Å². The van der Waals surface area contributed by atoms with Crippen molar-refractivity contribution >= 4 is 82.4 Å². The molecule has 1 aliphatic carbocycles. The third kappa shape index (κ3) is 4.49. The number of hydrogen-bond acceptors (Lipinski definition) is 0. The van der Waals surface area contributed by atoms with E-state index in [1.165, 1.54) is 93.3 Å². The maximum Gasteiger partial charge on any atom is 0.0641 e. The minimum atomic E-state index is 0.474. The Morgan fingerprint density at radius 3 is 1.39 bits per heavy atom. The van der Waals surface area contributed by atoms with Crippen LogP contribution >= 0.6 is 0 Å². The lowest BCUT2D eigenvalue weighted by Crippen LogP contribution is -2.08. The lowest BCUT2D eigenvalue weighted by atomic mass is 9.94. The van der Waals surface area contributed by atoms with Crippen LogP contribution in [0.1, 0.15) is 18.2 Å². The normalized spacial score (nSPS) is 14.2. The van der Waals surface area contributed by atoms with E-state index >= 15 is 0 Å². The summed E-state index contributed by atoms with van der Waals surface area (Å²) in [5, 5.41) is 8.89. The van der Waals surface area contributed by atoms with Gasteiger partial charge >= 0.3 is 0 Å². The van der Waals surface area contributed by atoms with Crippen LogP contribution in [0.25, 0.3) is 105 Å². The average Bonchev–Trinajstić information content (AvgIpc) is 4.01. The first-order chi connectivity index (χ1) is 29.2. The molecule has 8 aromatic carbocycles. The largest absolute Gasteiger partial charge is 0.313 e. The molecule has 13 rings (SSSR count). The quantitative estimate of drug-likeness (QED) is 0.170. The van der Waals surface area contributed by atoms with Gasteiger partial charge in [0.05, 0.1) is 38.6 Å². The van der Waals surface area contributed by atoms with Crippen molar-refractivity contribution in [2.45, 2.75) is 13.3 Å². The van der Waals surface area contributed by atoms with Gasteiger partial charge in [-0.3, -0.25) is 0 Å². The van der Waals surface area contributed by atoms with Gasteiger partial charge in [0.1, 0.15) is 0 Å². The van der Waals surface area contributed by atoms with Gasteiger partial charge in [-0.05, 0) is 91.2 Å². The molecule has 0 saturated carbocycles. The van der Waals surface area contributed by atoms with E-state index in [0.717, 1.165) is 23.5 Å². The van der Waals surface area contributed by atoms with Gasteiger partial charge in [-0.1, -0.05) is 122 Å². The number of benzene rings is 8. The molecule has 278 valence electrons. The molecule has 0 aliphatic heterocycles. The molecule has 59 heavy (non-hydrogen) atoms. The molecule has 4 nitrogen and oxygen atoms in total. The molecule has 0 amide bonds. The van der Waals surface area contributed by atoms with Crippen LogP contribution in [-0.2, 0) is 6.42 Å². The Bertz CT molecular complexity index is 3690. The highest BCUT2D eigenvalue weighted by molar-refractivity contribution is 6.26. The summed E-state index contributed by atoms with van der Waals surface area (Å²) in [6.45, 7) is 2.32. The first-order valence-electron chi connectivity index (χ1n) is 20.7. The smallest absolute Gasteiger partial charge is 0.0641 e. The highest BCUT2D eigenvalue weighted by Crippen LogP contribution is 2.45. The zero-order chi connectivity index (χ0) is 38.8. The third-order valence-corrected chi connectivity index (χ3v) is 12.9. The number of nitrogens with zero attached hydrogens (tertiary/aromatic N) is 4. The van der Waals surface area contributed by atoms with Crippen LogP contribution in [0, 0.1) is 5.92 Å². The number of hydrogen-bond donors (Lipinski definition) is 0. The standard InChI is InChI=1S/C55H38N4/c1-35-24-29-45-51(34-35)57(36-14-4-2-5-15-36)50-33-31-43-41-19-9-12-22-47(41)59(55(43)53(45)50)39-27-25-38(26-28-39)56-48-23-13-10-20-44(48)52-49(56)32-30-42-40-18-8-11-21-46(40)58(54(42)52)37-16-6-3-7-17-37/h2-33,35H,34H2,1H3. The van der Waals surface area contributed by atoms with Crippen LogP contribution in [0.4, 0.5) is 0 Å². The Balaban J connectivity index is 1.07. The van der Waals surface area contributed by atoms with Crippen molar-refractivity contribution in [3.63, 3.8) is 0 Å². The van der Waals surface area contributed by atoms with Crippen LogP contribution in [0.15, 0.2) is 188 Å². The molecule has 0 fully saturated rings. The summed E-state index contributed by atoms with van der Waals surface area (Å²) in [7, 11) is 0. The molecule has 4 aromatic heterocycles. The minimum Gasteiger partial charge on any atom is -0.313 e.